The minimum Gasteiger partial charge on any atom is -0.508 e. The zero-order chi connectivity index (χ0) is 29.9. The third kappa shape index (κ3) is 6.20. The summed E-state index contributed by atoms with van der Waals surface area (Å²) >= 11 is 0. The number of aryl methyl sites for hydroxylation is 4. The minimum absolute atomic E-state index is 0.0274. The monoisotopic (exact) mass is 574 g/mol. The van der Waals surface area contributed by atoms with Crippen molar-refractivity contribution in [1.82, 2.24) is 0 Å². The molecule has 5 rings (SSSR count). The van der Waals surface area contributed by atoms with E-state index in [0.29, 0.717) is 33.8 Å². The molecule has 4 aromatic rings. The van der Waals surface area contributed by atoms with Gasteiger partial charge in [0.05, 0.1) is 9.79 Å². The summed E-state index contributed by atoms with van der Waals surface area (Å²) in [5, 5.41) is 38.6. The number of sulfone groups is 1. The van der Waals surface area contributed by atoms with Crippen LogP contribution in [0.5, 0.6) is 23.0 Å². The van der Waals surface area contributed by atoms with Crippen molar-refractivity contribution in [3.05, 3.63) is 106 Å². The van der Waals surface area contributed by atoms with Gasteiger partial charge in [-0.15, -0.1) is 0 Å². The number of phenols is 4. The van der Waals surface area contributed by atoms with Crippen molar-refractivity contribution in [1.29, 1.82) is 0 Å². The van der Waals surface area contributed by atoms with Gasteiger partial charge in [-0.3, -0.25) is 0 Å². The second-order valence-corrected chi connectivity index (χ2v) is 13.0. The summed E-state index contributed by atoms with van der Waals surface area (Å²) in [5.74, 6) is 0.829. The molecule has 41 heavy (non-hydrogen) atoms. The fraction of sp³-hybridized carbons (Fsp3) is 0.294. The fourth-order valence-corrected chi connectivity index (χ4v) is 7.34. The lowest BCUT2D eigenvalue weighted by Crippen LogP contribution is -2.30. The maximum absolute atomic E-state index is 12.7. The molecule has 6 nitrogen and oxygen atoms in total. The molecule has 0 heterocycles. The Bertz CT molecular complexity index is 1480. The summed E-state index contributed by atoms with van der Waals surface area (Å²) < 4.78 is 25.4. The van der Waals surface area contributed by atoms with Crippen LogP contribution in [0.4, 0.5) is 0 Å². The van der Waals surface area contributed by atoms with Gasteiger partial charge in [0.2, 0.25) is 9.84 Å². The number of hydrogen-bond donors (Lipinski definition) is 4. The zero-order valence-corrected chi connectivity index (χ0v) is 24.8. The maximum atomic E-state index is 12.7. The Morgan fingerprint density at radius 1 is 0.537 bits per heavy atom. The number of benzene rings is 4. The summed E-state index contributed by atoms with van der Waals surface area (Å²) in [4.78, 5) is 0.277. The predicted molar refractivity (Wildman–Crippen MR) is 161 cm³/mol. The molecule has 7 heteroatoms. The van der Waals surface area contributed by atoms with Gasteiger partial charge in [0.15, 0.2) is 0 Å². The number of hydrogen-bond acceptors (Lipinski definition) is 6. The summed E-state index contributed by atoms with van der Waals surface area (Å²) in [6.45, 7) is 6.65. The predicted octanol–water partition coefficient (Wildman–Crippen LogP) is 7.51. The first-order valence-electron chi connectivity index (χ1n) is 13.8. The molecule has 4 aromatic carbocycles. The molecule has 0 atom stereocenters. The zero-order valence-electron chi connectivity index (χ0n) is 24.0. The van der Waals surface area contributed by atoms with Gasteiger partial charge in [-0.1, -0.05) is 43.5 Å². The van der Waals surface area contributed by atoms with E-state index in [-0.39, 0.29) is 26.7 Å². The molecule has 0 bridgehead atoms. The van der Waals surface area contributed by atoms with E-state index in [1.54, 1.807) is 52.0 Å². The number of aromatic hydroxyl groups is 4. The van der Waals surface area contributed by atoms with Crippen LogP contribution in [0.2, 0.25) is 0 Å². The van der Waals surface area contributed by atoms with E-state index in [4.69, 9.17) is 0 Å². The van der Waals surface area contributed by atoms with E-state index >= 15 is 0 Å². The van der Waals surface area contributed by atoms with Gasteiger partial charge in [0, 0.05) is 5.41 Å². The number of phenolic OH excluding ortho intramolecular Hbond substituents is 4. The van der Waals surface area contributed by atoms with Gasteiger partial charge in [-0.05, 0) is 122 Å². The van der Waals surface area contributed by atoms with E-state index in [1.807, 2.05) is 24.3 Å². The summed E-state index contributed by atoms with van der Waals surface area (Å²) in [7, 11) is -3.68. The van der Waals surface area contributed by atoms with Gasteiger partial charge in [0.1, 0.15) is 23.0 Å². The molecule has 1 fully saturated rings. The average molecular weight is 575 g/mol. The molecule has 1 aliphatic rings. The van der Waals surface area contributed by atoms with Crippen molar-refractivity contribution in [2.45, 2.75) is 75.0 Å². The lowest BCUT2D eigenvalue weighted by atomic mass is 9.65. The van der Waals surface area contributed by atoms with E-state index in [0.717, 1.165) is 12.8 Å². The molecule has 0 saturated heterocycles. The van der Waals surface area contributed by atoms with Crippen molar-refractivity contribution >= 4 is 9.84 Å². The minimum atomic E-state index is -3.68. The lowest BCUT2D eigenvalue weighted by Gasteiger charge is -2.38. The Morgan fingerprint density at radius 2 is 0.854 bits per heavy atom. The van der Waals surface area contributed by atoms with Crippen LogP contribution in [-0.4, -0.2) is 28.8 Å². The fourth-order valence-electron chi connectivity index (χ4n) is 5.74. The molecule has 0 aliphatic heterocycles. The van der Waals surface area contributed by atoms with Gasteiger partial charge in [0.25, 0.3) is 0 Å². The lowest BCUT2D eigenvalue weighted by molar-refractivity contribution is 0.345. The third-order valence-electron chi connectivity index (χ3n) is 8.10. The van der Waals surface area contributed by atoms with Crippen LogP contribution in [0, 0.1) is 27.7 Å². The third-order valence-corrected chi connectivity index (χ3v) is 9.81. The van der Waals surface area contributed by atoms with E-state index in [1.165, 1.54) is 54.7 Å². The molecule has 0 amide bonds. The molecule has 0 spiro atoms. The molecular weight excluding hydrogens is 536 g/mol. The first-order chi connectivity index (χ1) is 19.3. The molecule has 1 saturated carbocycles. The highest BCUT2D eigenvalue weighted by Crippen LogP contribution is 2.45. The van der Waals surface area contributed by atoms with Crippen molar-refractivity contribution in [2.75, 3.05) is 0 Å². The summed E-state index contributed by atoms with van der Waals surface area (Å²) in [6.07, 6.45) is 5.99. The van der Waals surface area contributed by atoms with Crippen LogP contribution in [0.1, 0.15) is 65.5 Å². The van der Waals surface area contributed by atoms with Crippen molar-refractivity contribution in [3.8, 4) is 23.0 Å². The van der Waals surface area contributed by atoms with Crippen LogP contribution in [0.3, 0.4) is 0 Å². The van der Waals surface area contributed by atoms with Crippen LogP contribution in [-0.2, 0) is 15.3 Å². The average Bonchev–Trinajstić information content (AvgIpc) is 2.95. The van der Waals surface area contributed by atoms with Crippen molar-refractivity contribution in [3.63, 3.8) is 0 Å². The van der Waals surface area contributed by atoms with Crippen LogP contribution in [0.15, 0.2) is 82.6 Å². The molecule has 0 unspecified atom stereocenters. The quantitative estimate of drug-likeness (QED) is 0.200. The van der Waals surface area contributed by atoms with Gasteiger partial charge < -0.3 is 20.4 Å². The smallest absolute Gasteiger partial charge is 0.206 e. The normalized spacial score (nSPS) is 14.6. The van der Waals surface area contributed by atoms with Crippen molar-refractivity contribution < 1.29 is 28.8 Å². The van der Waals surface area contributed by atoms with Crippen LogP contribution in [0.25, 0.3) is 0 Å². The van der Waals surface area contributed by atoms with E-state index < -0.39 is 9.84 Å². The van der Waals surface area contributed by atoms with Crippen molar-refractivity contribution in [2.24, 2.45) is 0 Å². The largest absolute Gasteiger partial charge is 0.508 e. The first kappa shape index (κ1) is 30.0. The molecular formula is C34H38O6S. The van der Waals surface area contributed by atoms with Crippen LogP contribution < -0.4 is 0 Å². The SMILES string of the molecule is Cc1cc(S(=O)(=O)c2cc(C)c(O)c(C)c2)cc(C)c1O.Oc1ccc(C2(c3ccc(O)cc3)CCCCC2)cc1. The Balaban J connectivity index is 0.000000189. The molecule has 0 aromatic heterocycles. The Morgan fingerprint density at radius 3 is 1.17 bits per heavy atom. The molecule has 0 radical (unpaired) electrons. The number of rotatable bonds is 4. The highest BCUT2D eigenvalue weighted by Gasteiger charge is 2.35. The highest BCUT2D eigenvalue weighted by atomic mass is 32.2. The summed E-state index contributed by atoms with van der Waals surface area (Å²) in [6, 6.07) is 21.0. The Kier molecular flexibility index (Phi) is 8.69. The van der Waals surface area contributed by atoms with Gasteiger partial charge in [-0.2, -0.15) is 0 Å². The summed E-state index contributed by atoms with van der Waals surface area (Å²) in [5.41, 5.74) is 4.61. The first-order valence-corrected chi connectivity index (χ1v) is 15.3. The molecule has 4 N–H and O–H groups in total. The standard InChI is InChI=1S/C18H20O2.C16H18O4S/c19-16-8-4-14(5-9-16)18(12-2-1-3-13-18)15-6-10-17(20)11-7-15;1-9-5-13(6-10(2)15(9)17)21(19,20)14-7-11(3)16(18)12(4)8-14/h4-11,19-20H,1-3,12-13H2;5-8,17-18H,1-4H3. The van der Waals surface area contributed by atoms with E-state index in [9.17, 15) is 28.8 Å². The Hall–Kier alpha value is -3.97. The topological polar surface area (TPSA) is 115 Å². The van der Waals surface area contributed by atoms with E-state index in [2.05, 4.69) is 0 Å². The maximum Gasteiger partial charge on any atom is 0.206 e. The molecule has 216 valence electrons. The highest BCUT2D eigenvalue weighted by molar-refractivity contribution is 7.91. The second kappa shape index (κ2) is 11.9. The Labute approximate surface area is 242 Å². The van der Waals surface area contributed by atoms with Crippen LogP contribution >= 0.6 is 0 Å². The second-order valence-electron chi connectivity index (χ2n) is 11.1. The van der Waals surface area contributed by atoms with Gasteiger partial charge >= 0.3 is 0 Å². The molecule has 1 aliphatic carbocycles. The van der Waals surface area contributed by atoms with Gasteiger partial charge in [-0.25, -0.2) is 8.42 Å².